The Morgan fingerprint density at radius 2 is 2.14 bits per heavy atom. The van der Waals surface area contributed by atoms with Crippen LogP contribution in [0.4, 0.5) is 0 Å². The van der Waals surface area contributed by atoms with E-state index in [-0.39, 0.29) is 24.0 Å². The maximum absolute atomic E-state index is 5.16. The lowest BCUT2D eigenvalue weighted by Crippen LogP contribution is -2.37. The van der Waals surface area contributed by atoms with Crippen molar-refractivity contribution >= 4 is 29.9 Å². The Hall–Kier alpha value is -1.51. The number of aryl methyl sites for hydroxylation is 3. The van der Waals surface area contributed by atoms with Crippen LogP contribution in [0.3, 0.4) is 0 Å². The van der Waals surface area contributed by atoms with Crippen molar-refractivity contribution in [1.29, 1.82) is 0 Å². The molecule has 0 amide bonds. The fourth-order valence-electron chi connectivity index (χ4n) is 2.24. The molecule has 2 heterocycles. The minimum atomic E-state index is 0. The third-order valence-electron chi connectivity index (χ3n) is 3.43. The summed E-state index contributed by atoms with van der Waals surface area (Å²) in [4.78, 5) is 4.22. The van der Waals surface area contributed by atoms with Crippen molar-refractivity contribution in [3.63, 3.8) is 0 Å². The van der Waals surface area contributed by atoms with E-state index < -0.39 is 0 Å². The van der Waals surface area contributed by atoms with Crippen LogP contribution in [-0.4, -0.2) is 29.3 Å². The van der Waals surface area contributed by atoms with E-state index in [1.54, 1.807) is 7.05 Å². The van der Waals surface area contributed by atoms with Crippen LogP contribution in [-0.2, 0) is 20.0 Å². The van der Waals surface area contributed by atoms with Crippen molar-refractivity contribution in [2.24, 2.45) is 12.0 Å². The van der Waals surface area contributed by atoms with Gasteiger partial charge in [0.1, 0.15) is 5.76 Å². The molecule has 0 aliphatic carbocycles. The molecule has 122 valence electrons. The first-order valence-electron chi connectivity index (χ1n) is 7.07. The number of aliphatic imine (C=N–C) groups is 1. The number of halogens is 1. The third-order valence-corrected chi connectivity index (χ3v) is 3.43. The first-order chi connectivity index (χ1) is 10.1. The van der Waals surface area contributed by atoms with Gasteiger partial charge in [0.25, 0.3) is 0 Å². The van der Waals surface area contributed by atoms with Gasteiger partial charge in [-0.25, -0.2) is 0 Å². The SMILES string of the molecule is CN=C(NCCc1c(C)noc1C)NCc1ccn(C)c1.I. The quantitative estimate of drug-likeness (QED) is 0.445. The van der Waals surface area contributed by atoms with Gasteiger partial charge in [0.2, 0.25) is 0 Å². The summed E-state index contributed by atoms with van der Waals surface area (Å²) in [5.74, 6) is 1.69. The van der Waals surface area contributed by atoms with Crippen LogP contribution in [0.1, 0.15) is 22.6 Å². The molecule has 0 bridgehead atoms. The lowest BCUT2D eigenvalue weighted by molar-refractivity contribution is 0.392. The number of aromatic nitrogens is 2. The van der Waals surface area contributed by atoms with Crippen LogP contribution in [0.2, 0.25) is 0 Å². The molecule has 6 nitrogen and oxygen atoms in total. The molecule has 2 aromatic rings. The summed E-state index contributed by atoms with van der Waals surface area (Å²) in [5.41, 5.74) is 3.36. The van der Waals surface area contributed by atoms with Gasteiger partial charge >= 0.3 is 0 Å². The molecule has 0 radical (unpaired) electrons. The highest BCUT2D eigenvalue weighted by atomic mass is 127. The minimum Gasteiger partial charge on any atom is -0.361 e. The van der Waals surface area contributed by atoms with E-state index in [2.05, 4.69) is 33.0 Å². The molecule has 0 saturated heterocycles. The number of hydrogen-bond acceptors (Lipinski definition) is 3. The van der Waals surface area contributed by atoms with Gasteiger partial charge in [-0.05, 0) is 31.9 Å². The lowest BCUT2D eigenvalue weighted by Gasteiger charge is -2.11. The van der Waals surface area contributed by atoms with Crippen LogP contribution >= 0.6 is 24.0 Å². The topological polar surface area (TPSA) is 67.4 Å². The van der Waals surface area contributed by atoms with Gasteiger partial charge in [-0.1, -0.05) is 5.16 Å². The van der Waals surface area contributed by atoms with Gasteiger partial charge in [0.05, 0.1) is 5.69 Å². The molecule has 0 aliphatic heterocycles. The first-order valence-corrected chi connectivity index (χ1v) is 7.07. The second-order valence-electron chi connectivity index (χ2n) is 5.09. The summed E-state index contributed by atoms with van der Waals surface area (Å²) in [5, 5.41) is 10.6. The Morgan fingerprint density at radius 1 is 1.36 bits per heavy atom. The molecule has 0 saturated carbocycles. The van der Waals surface area contributed by atoms with Crippen molar-refractivity contribution in [2.75, 3.05) is 13.6 Å². The van der Waals surface area contributed by atoms with Crippen molar-refractivity contribution in [1.82, 2.24) is 20.4 Å². The van der Waals surface area contributed by atoms with Crippen LogP contribution < -0.4 is 10.6 Å². The Labute approximate surface area is 148 Å². The van der Waals surface area contributed by atoms with Gasteiger partial charge in [-0.3, -0.25) is 4.99 Å². The van der Waals surface area contributed by atoms with Crippen molar-refractivity contribution in [3.8, 4) is 0 Å². The number of rotatable bonds is 5. The smallest absolute Gasteiger partial charge is 0.191 e. The second kappa shape index (κ2) is 8.82. The number of guanidine groups is 1. The summed E-state index contributed by atoms with van der Waals surface area (Å²) < 4.78 is 7.19. The molecule has 0 atom stereocenters. The van der Waals surface area contributed by atoms with Crippen molar-refractivity contribution < 1.29 is 4.52 Å². The maximum atomic E-state index is 5.16. The van der Waals surface area contributed by atoms with Gasteiger partial charge in [-0.2, -0.15) is 0 Å². The van der Waals surface area contributed by atoms with Gasteiger partial charge in [0.15, 0.2) is 5.96 Å². The standard InChI is InChI=1S/C15H23N5O.HI/c1-11-14(12(2)21-19-11)5-7-17-15(16-3)18-9-13-6-8-20(4)10-13;/h6,8,10H,5,7,9H2,1-4H3,(H2,16,17,18);1H. The van der Waals surface area contributed by atoms with E-state index in [0.29, 0.717) is 0 Å². The third kappa shape index (κ3) is 5.04. The zero-order valence-corrected chi connectivity index (χ0v) is 15.8. The molecule has 0 fully saturated rings. The van der Waals surface area contributed by atoms with E-state index >= 15 is 0 Å². The number of nitrogens with zero attached hydrogens (tertiary/aromatic N) is 3. The predicted octanol–water partition coefficient (Wildman–Crippen LogP) is 2.16. The maximum Gasteiger partial charge on any atom is 0.191 e. The summed E-state index contributed by atoms with van der Waals surface area (Å²) >= 11 is 0. The second-order valence-corrected chi connectivity index (χ2v) is 5.09. The normalized spacial score (nSPS) is 11.2. The van der Waals surface area contributed by atoms with Crippen molar-refractivity contribution in [2.45, 2.75) is 26.8 Å². The summed E-state index contributed by atoms with van der Waals surface area (Å²) in [7, 11) is 3.79. The Kier molecular flexibility index (Phi) is 7.43. The highest BCUT2D eigenvalue weighted by Gasteiger charge is 2.08. The monoisotopic (exact) mass is 417 g/mol. The largest absolute Gasteiger partial charge is 0.361 e. The highest BCUT2D eigenvalue weighted by molar-refractivity contribution is 14.0. The van der Waals surface area contributed by atoms with E-state index in [1.807, 2.05) is 31.7 Å². The zero-order valence-electron chi connectivity index (χ0n) is 13.5. The average Bonchev–Trinajstić information content (AvgIpc) is 3.02. The van der Waals surface area contributed by atoms with Gasteiger partial charge < -0.3 is 19.7 Å². The van der Waals surface area contributed by atoms with E-state index in [9.17, 15) is 0 Å². The molecule has 0 unspecified atom stereocenters. The number of nitrogens with one attached hydrogen (secondary N) is 2. The fourth-order valence-corrected chi connectivity index (χ4v) is 2.24. The van der Waals surface area contributed by atoms with E-state index in [0.717, 1.165) is 36.9 Å². The van der Waals surface area contributed by atoms with E-state index in [1.165, 1.54) is 11.1 Å². The molecule has 0 aliphatic rings. The Balaban J connectivity index is 0.00000242. The predicted molar refractivity (Wildman–Crippen MR) is 98.7 cm³/mol. The van der Waals surface area contributed by atoms with Gasteiger partial charge in [0, 0.05) is 45.1 Å². The Bertz CT molecular complexity index is 598. The molecule has 2 N–H and O–H groups in total. The summed E-state index contributed by atoms with van der Waals surface area (Å²) in [6, 6.07) is 2.09. The van der Waals surface area contributed by atoms with Crippen LogP contribution in [0.15, 0.2) is 28.0 Å². The molecule has 0 aromatic carbocycles. The Morgan fingerprint density at radius 3 is 2.68 bits per heavy atom. The molecule has 22 heavy (non-hydrogen) atoms. The first kappa shape index (κ1) is 18.5. The molecular weight excluding hydrogens is 393 g/mol. The zero-order chi connectivity index (χ0) is 15.2. The fraction of sp³-hybridized carbons (Fsp3) is 0.467. The molecule has 2 rings (SSSR count). The summed E-state index contributed by atoms with van der Waals surface area (Å²) in [6.45, 7) is 5.45. The van der Waals surface area contributed by atoms with Crippen molar-refractivity contribution in [3.05, 3.63) is 41.0 Å². The molecular formula is C15H24IN5O. The average molecular weight is 417 g/mol. The van der Waals surface area contributed by atoms with Crippen LogP contribution in [0.5, 0.6) is 0 Å². The lowest BCUT2D eigenvalue weighted by atomic mass is 10.1. The summed E-state index contributed by atoms with van der Waals surface area (Å²) in [6.07, 6.45) is 4.99. The van der Waals surface area contributed by atoms with Crippen LogP contribution in [0, 0.1) is 13.8 Å². The van der Waals surface area contributed by atoms with Gasteiger partial charge in [-0.15, -0.1) is 24.0 Å². The van der Waals surface area contributed by atoms with E-state index in [4.69, 9.17) is 4.52 Å². The number of hydrogen-bond donors (Lipinski definition) is 2. The minimum absolute atomic E-state index is 0. The molecule has 0 spiro atoms. The molecule has 2 aromatic heterocycles. The highest BCUT2D eigenvalue weighted by Crippen LogP contribution is 2.11. The molecule has 7 heteroatoms. The van der Waals surface area contributed by atoms with Crippen LogP contribution in [0.25, 0.3) is 0 Å².